The Kier molecular flexibility index (Phi) is 3.89. The fourth-order valence-corrected chi connectivity index (χ4v) is 2.05. The van der Waals surface area contributed by atoms with Crippen LogP contribution in [0, 0.1) is 18.3 Å². The van der Waals surface area contributed by atoms with Gasteiger partial charge in [0.05, 0.1) is 6.20 Å². The van der Waals surface area contributed by atoms with Gasteiger partial charge in [-0.05, 0) is 32.7 Å². The number of rotatable bonds is 4. The van der Waals surface area contributed by atoms with Crippen LogP contribution in [0.15, 0.2) is 6.20 Å². The van der Waals surface area contributed by atoms with Gasteiger partial charge in [-0.25, -0.2) is 9.97 Å². The van der Waals surface area contributed by atoms with Gasteiger partial charge in [-0.3, -0.25) is 0 Å². The van der Waals surface area contributed by atoms with Gasteiger partial charge in [0.15, 0.2) is 0 Å². The van der Waals surface area contributed by atoms with Crippen LogP contribution in [0.25, 0.3) is 0 Å². The molecule has 1 aliphatic rings. The van der Waals surface area contributed by atoms with Crippen LogP contribution in [0.3, 0.4) is 0 Å². The van der Waals surface area contributed by atoms with E-state index in [2.05, 4.69) is 26.7 Å². The molecule has 1 aromatic rings. The number of aromatic nitrogens is 2. The second-order valence-corrected chi connectivity index (χ2v) is 4.30. The minimum atomic E-state index is 0.509. The molecule has 2 N–H and O–H groups in total. The van der Waals surface area contributed by atoms with Crippen molar-refractivity contribution in [1.29, 1.82) is 5.26 Å². The number of nitrogens with one attached hydrogen (secondary N) is 2. The normalized spacial score (nSPS) is 18.9. The molecule has 1 saturated heterocycles. The molecule has 1 aliphatic heterocycles. The van der Waals surface area contributed by atoms with Crippen LogP contribution in [0.4, 0.5) is 5.82 Å². The molecule has 5 heteroatoms. The van der Waals surface area contributed by atoms with E-state index < -0.39 is 0 Å². The second-order valence-electron chi connectivity index (χ2n) is 4.30. The summed E-state index contributed by atoms with van der Waals surface area (Å²) in [5, 5.41) is 15.6. The maximum atomic E-state index is 8.94. The molecule has 0 unspecified atom stereocenters. The van der Waals surface area contributed by atoms with Crippen LogP contribution >= 0.6 is 0 Å². The summed E-state index contributed by atoms with van der Waals surface area (Å²) in [5.74, 6) is 1.34. The Morgan fingerprint density at radius 3 is 3.24 bits per heavy atom. The first kappa shape index (κ1) is 11.8. The summed E-state index contributed by atoms with van der Waals surface area (Å²) in [7, 11) is 0. The molecular formula is C12H17N5. The molecule has 1 atom stereocenters. The van der Waals surface area contributed by atoms with Crippen molar-refractivity contribution in [3.05, 3.63) is 17.6 Å². The van der Waals surface area contributed by atoms with Crippen molar-refractivity contribution in [2.24, 2.45) is 0 Å². The molecule has 90 valence electrons. The van der Waals surface area contributed by atoms with Crippen LogP contribution in [0.2, 0.25) is 0 Å². The lowest BCUT2D eigenvalue weighted by molar-refractivity contribution is 0.574. The lowest BCUT2D eigenvalue weighted by atomic mass is 10.1. The SMILES string of the molecule is Cc1ncc(C#N)c(NCC[C@@H]2CCCN2)n1. The highest BCUT2D eigenvalue weighted by molar-refractivity contribution is 5.50. The van der Waals surface area contributed by atoms with Gasteiger partial charge in [-0.1, -0.05) is 0 Å². The zero-order valence-electron chi connectivity index (χ0n) is 10.0. The molecule has 0 bridgehead atoms. The molecule has 0 spiro atoms. The lowest BCUT2D eigenvalue weighted by Crippen LogP contribution is -2.24. The number of aryl methyl sites for hydroxylation is 1. The summed E-state index contributed by atoms with van der Waals surface area (Å²) in [6.07, 6.45) is 5.14. The van der Waals surface area contributed by atoms with Crippen LogP contribution < -0.4 is 10.6 Å². The predicted octanol–water partition coefficient (Wildman–Crippen LogP) is 1.21. The van der Waals surface area contributed by atoms with Crippen LogP contribution in [0.5, 0.6) is 0 Å². The smallest absolute Gasteiger partial charge is 0.147 e. The van der Waals surface area contributed by atoms with Gasteiger partial charge < -0.3 is 10.6 Å². The Labute approximate surface area is 101 Å². The third kappa shape index (κ3) is 3.14. The highest BCUT2D eigenvalue weighted by Gasteiger charge is 2.13. The van der Waals surface area contributed by atoms with Gasteiger partial charge >= 0.3 is 0 Å². The van der Waals surface area contributed by atoms with Crippen LogP contribution in [-0.2, 0) is 0 Å². The van der Waals surface area contributed by atoms with E-state index in [4.69, 9.17) is 5.26 Å². The van der Waals surface area contributed by atoms with Crippen molar-refractivity contribution in [3.63, 3.8) is 0 Å². The molecule has 0 aromatic carbocycles. The first-order valence-electron chi connectivity index (χ1n) is 6.00. The largest absolute Gasteiger partial charge is 0.369 e. The summed E-state index contributed by atoms with van der Waals surface area (Å²) in [4.78, 5) is 8.25. The van der Waals surface area contributed by atoms with Crippen molar-refractivity contribution in [3.8, 4) is 6.07 Å². The average Bonchev–Trinajstić information content (AvgIpc) is 2.82. The number of hydrogen-bond donors (Lipinski definition) is 2. The van der Waals surface area contributed by atoms with E-state index in [0.717, 1.165) is 19.5 Å². The van der Waals surface area contributed by atoms with Gasteiger partial charge in [0, 0.05) is 12.6 Å². The molecule has 0 saturated carbocycles. The number of nitrogens with zero attached hydrogens (tertiary/aromatic N) is 3. The zero-order valence-corrected chi connectivity index (χ0v) is 10.0. The standard InChI is InChI=1S/C12H17N5/c1-9-16-8-10(7-13)12(17-9)15-6-4-11-3-2-5-14-11/h8,11,14H,2-6H2,1H3,(H,15,16,17)/t11-/m0/s1. The Bertz CT molecular complexity index is 417. The second kappa shape index (κ2) is 5.60. The Hall–Kier alpha value is -1.67. The Morgan fingerprint density at radius 2 is 2.53 bits per heavy atom. The predicted molar refractivity (Wildman–Crippen MR) is 65.6 cm³/mol. The van der Waals surface area contributed by atoms with Crippen LogP contribution in [0.1, 0.15) is 30.7 Å². The first-order chi connectivity index (χ1) is 8.29. The molecule has 0 amide bonds. The minimum absolute atomic E-state index is 0.509. The van der Waals surface area contributed by atoms with Gasteiger partial charge in [0.2, 0.25) is 0 Å². The summed E-state index contributed by atoms with van der Waals surface area (Å²) in [6, 6.07) is 2.71. The lowest BCUT2D eigenvalue weighted by Gasteiger charge is -2.11. The van der Waals surface area contributed by atoms with Gasteiger partial charge in [-0.15, -0.1) is 0 Å². The fourth-order valence-electron chi connectivity index (χ4n) is 2.05. The minimum Gasteiger partial charge on any atom is -0.369 e. The van der Waals surface area contributed by atoms with E-state index in [1.807, 2.05) is 6.92 Å². The molecular weight excluding hydrogens is 214 g/mol. The van der Waals surface area contributed by atoms with E-state index >= 15 is 0 Å². The molecule has 0 radical (unpaired) electrons. The first-order valence-corrected chi connectivity index (χ1v) is 6.00. The average molecular weight is 231 g/mol. The van der Waals surface area contributed by atoms with E-state index in [1.54, 1.807) is 6.20 Å². The summed E-state index contributed by atoms with van der Waals surface area (Å²) >= 11 is 0. The molecule has 2 rings (SSSR count). The topological polar surface area (TPSA) is 73.6 Å². The quantitative estimate of drug-likeness (QED) is 0.814. The maximum absolute atomic E-state index is 8.94. The van der Waals surface area contributed by atoms with Crippen molar-refractivity contribution in [1.82, 2.24) is 15.3 Å². The van der Waals surface area contributed by atoms with Gasteiger partial charge in [0.1, 0.15) is 23.3 Å². The molecule has 0 aliphatic carbocycles. The van der Waals surface area contributed by atoms with Crippen LogP contribution in [-0.4, -0.2) is 29.1 Å². The van der Waals surface area contributed by atoms with E-state index in [0.29, 0.717) is 23.2 Å². The van der Waals surface area contributed by atoms with Crippen molar-refractivity contribution >= 4 is 5.82 Å². The zero-order chi connectivity index (χ0) is 12.1. The summed E-state index contributed by atoms with van der Waals surface area (Å²) in [5.41, 5.74) is 0.509. The maximum Gasteiger partial charge on any atom is 0.147 e. The Morgan fingerprint density at radius 1 is 1.65 bits per heavy atom. The molecule has 1 aromatic heterocycles. The van der Waals surface area contributed by atoms with Gasteiger partial charge in [0.25, 0.3) is 0 Å². The van der Waals surface area contributed by atoms with E-state index in [9.17, 15) is 0 Å². The highest BCUT2D eigenvalue weighted by Crippen LogP contribution is 2.12. The van der Waals surface area contributed by atoms with Crippen molar-refractivity contribution < 1.29 is 0 Å². The monoisotopic (exact) mass is 231 g/mol. The van der Waals surface area contributed by atoms with Crippen molar-refractivity contribution in [2.75, 3.05) is 18.4 Å². The third-order valence-corrected chi connectivity index (χ3v) is 2.98. The molecule has 5 nitrogen and oxygen atoms in total. The number of anilines is 1. The number of nitriles is 1. The van der Waals surface area contributed by atoms with E-state index in [1.165, 1.54) is 12.8 Å². The highest BCUT2D eigenvalue weighted by atomic mass is 15.0. The molecule has 2 heterocycles. The summed E-state index contributed by atoms with van der Waals surface area (Å²) < 4.78 is 0. The third-order valence-electron chi connectivity index (χ3n) is 2.98. The summed E-state index contributed by atoms with van der Waals surface area (Å²) in [6.45, 7) is 3.79. The fraction of sp³-hybridized carbons (Fsp3) is 0.583. The molecule has 17 heavy (non-hydrogen) atoms. The van der Waals surface area contributed by atoms with Gasteiger partial charge in [-0.2, -0.15) is 5.26 Å². The van der Waals surface area contributed by atoms with E-state index in [-0.39, 0.29) is 0 Å². The van der Waals surface area contributed by atoms with Crippen molar-refractivity contribution in [2.45, 2.75) is 32.2 Å². The molecule has 1 fully saturated rings. The number of hydrogen-bond acceptors (Lipinski definition) is 5. The Balaban J connectivity index is 1.89.